The van der Waals surface area contributed by atoms with Crippen LogP contribution in [0.1, 0.15) is 15.9 Å². The third-order valence-corrected chi connectivity index (χ3v) is 6.28. The fourth-order valence-electron chi connectivity index (χ4n) is 2.75. The average molecular weight is 480 g/mol. The maximum absolute atomic E-state index is 12.7. The highest BCUT2D eigenvalue weighted by Crippen LogP contribution is 2.39. The number of aromatic nitrogens is 1. The van der Waals surface area contributed by atoms with E-state index in [0.717, 1.165) is 6.07 Å². The van der Waals surface area contributed by atoms with Crippen molar-refractivity contribution >= 4 is 39.3 Å². The molecule has 166 valence electrons. The summed E-state index contributed by atoms with van der Waals surface area (Å²) in [6, 6.07) is 2.81. The lowest BCUT2D eigenvalue weighted by molar-refractivity contribution is -0.137. The zero-order chi connectivity index (χ0) is 23.1. The summed E-state index contributed by atoms with van der Waals surface area (Å²) in [5.41, 5.74) is -1.36. The Kier molecular flexibility index (Phi) is 5.76. The summed E-state index contributed by atoms with van der Waals surface area (Å²) in [5.74, 6) is -2.29. The molecule has 1 aliphatic heterocycles. The van der Waals surface area contributed by atoms with E-state index in [1.165, 1.54) is 20.3 Å². The maximum Gasteiger partial charge on any atom is 0.417 e. The summed E-state index contributed by atoms with van der Waals surface area (Å²) in [4.78, 5) is 27.9. The minimum Gasteiger partial charge on any atom is -0.493 e. The number of ether oxygens (including phenoxy) is 2. The van der Waals surface area contributed by atoms with Gasteiger partial charge in [-0.15, -0.1) is 0 Å². The van der Waals surface area contributed by atoms with Crippen LogP contribution in [0.15, 0.2) is 29.3 Å². The van der Waals surface area contributed by atoms with E-state index < -0.39 is 51.0 Å². The molecule has 0 aliphatic carbocycles. The van der Waals surface area contributed by atoms with Gasteiger partial charge in [0.1, 0.15) is 11.4 Å². The van der Waals surface area contributed by atoms with Crippen molar-refractivity contribution in [2.45, 2.75) is 11.1 Å². The summed E-state index contributed by atoms with van der Waals surface area (Å²) in [7, 11) is -1.82. The van der Waals surface area contributed by atoms with Crippen molar-refractivity contribution < 1.29 is 40.7 Å². The van der Waals surface area contributed by atoms with Crippen LogP contribution in [0, 0.1) is 0 Å². The number of halogens is 4. The van der Waals surface area contributed by atoms with E-state index in [1.54, 1.807) is 0 Å². The fraction of sp³-hybridized carbons (Fsp3) is 0.235. The molecule has 1 aliphatic rings. The summed E-state index contributed by atoms with van der Waals surface area (Å²) in [5, 5.41) is 1.57. The Labute approximate surface area is 178 Å². The van der Waals surface area contributed by atoms with Gasteiger partial charge in [-0.2, -0.15) is 13.2 Å². The van der Waals surface area contributed by atoms with Gasteiger partial charge >= 0.3 is 6.18 Å². The molecule has 2 heterocycles. The number of hydrogen-bond acceptors (Lipinski definition) is 7. The zero-order valence-corrected chi connectivity index (χ0v) is 17.4. The van der Waals surface area contributed by atoms with Crippen LogP contribution in [-0.2, 0) is 21.0 Å². The number of nitrogens with one attached hydrogen (secondary N) is 1. The third kappa shape index (κ3) is 4.10. The van der Waals surface area contributed by atoms with Crippen molar-refractivity contribution in [3.63, 3.8) is 0 Å². The number of carbonyl (C=O) groups is 2. The highest BCUT2D eigenvalue weighted by molar-refractivity contribution is 7.90. The predicted molar refractivity (Wildman–Crippen MR) is 101 cm³/mol. The topological polar surface area (TPSA) is 115 Å². The van der Waals surface area contributed by atoms with Crippen molar-refractivity contribution in [2.75, 3.05) is 26.1 Å². The molecule has 0 bridgehead atoms. The van der Waals surface area contributed by atoms with E-state index in [-0.39, 0.29) is 22.0 Å². The molecule has 31 heavy (non-hydrogen) atoms. The summed E-state index contributed by atoms with van der Waals surface area (Å²) >= 11 is 5.72. The predicted octanol–water partition coefficient (Wildman–Crippen LogP) is 2.55. The molecule has 0 unspecified atom stereocenters. The number of fused-ring (bicyclic) bond motifs is 1. The van der Waals surface area contributed by atoms with Gasteiger partial charge in [-0.25, -0.2) is 17.7 Å². The van der Waals surface area contributed by atoms with E-state index in [9.17, 15) is 31.2 Å². The van der Waals surface area contributed by atoms with E-state index in [1.807, 2.05) is 0 Å². The molecule has 0 atom stereocenters. The maximum atomic E-state index is 12.7. The molecule has 1 N–H and O–H groups in total. The van der Waals surface area contributed by atoms with Gasteiger partial charge in [-0.1, -0.05) is 11.6 Å². The first-order chi connectivity index (χ1) is 14.4. The number of anilines is 1. The van der Waals surface area contributed by atoms with Crippen molar-refractivity contribution in [2.24, 2.45) is 0 Å². The van der Waals surface area contributed by atoms with Crippen LogP contribution < -0.4 is 14.8 Å². The molecule has 14 heteroatoms. The molecule has 1 aromatic carbocycles. The Bertz CT molecular complexity index is 1190. The largest absolute Gasteiger partial charge is 0.493 e. The molecule has 2 aromatic rings. The second-order valence-electron chi connectivity index (χ2n) is 6.12. The van der Waals surface area contributed by atoms with Crippen molar-refractivity contribution in [3.05, 3.63) is 40.5 Å². The number of benzene rings is 1. The number of sulfonamides is 1. The van der Waals surface area contributed by atoms with E-state index in [4.69, 9.17) is 21.1 Å². The monoisotopic (exact) mass is 479 g/mol. The molecule has 1 aromatic heterocycles. The number of alkyl halides is 3. The van der Waals surface area contributed by atoms with Gasteiger partial charge in [0, 0.05) is 12.3 Å². The number of pyridine rings is 1. The van der Waals surface area contributed by atoms with Crippen molar-refractivity contribution in [1.82, 2.24) is 9.29 Å². The highest BCUT2D eigenvalue weighted by Gasteiger charge is 2.43. The summed E-state index contributed by atoms with van der Waals surface area (Å²) in [6.07, 6.45) is -4.24. The number of carbonyl (C=O) groups excluding carboxylic acids is 2. The SMILES string of the molecule is COc1cc2c(cc1OC)S(=O)(=O)N(CC(=O)Nc1ncc(C(F)(F)F)cc1Cl)C2=O. The Balaban J connectivity index is 1.84. The van der Waals surface area contributed by atoms with Gasteiger partial charge < -0.3 is 14.8 Å². The van der Waals surface area contributed by atoms with Crippen LogP contribution >= 0.6 is 11.6 Å². The van der Waals surface area contributed by atoms with Crippen LogP contribution in [0.5, 0.6) is 11.5 Å². The van der Waals surface area contributed by atoms with E-state index >= 15 is 0 Å². The molecule has 0 spiro atoms. The number of methoxy groups -OCH3 is 2. The first-order valence-electron chi connectivity index (χ1n) is 8.25. The summed E-state index contributed by atoms with van der Waals surface area (Å²) < 4.78 is 73.9. The Morgan fingerprint density at radius 3 is 2.35 bits per heavy atom. The Morgan fingerprint density at radius 2 is 1.81 bits per heavy atom. The molecule has 0 saturated carbocycles. The fourth-order valence-corrected chi connectivity index (χ4v) is 4.48. The lowest BCUT2D eigenvalue weighted by Gasteiger charge is -2.15. The molecule has 0 radical (unpaired) electrons. The highest BCUT2D eigenvalue weighted by atomic mass is 35.5. The number of hydrogen-bond donors (Lipinski definition) is 1. The first kappa shape index (κ1) is 22.6. The Hall–Kier alpha value is -3.06. The number of nitrogens with zero attached hydrogens (tertiary/aromatic N) is 2. The van der Waals surface area contributed by atoms with Crippen LogP contribution in [0.3, 0.4) is 0 Å². The lowest BCUT2D eigenvalue weighted by atomic mass is 10.2. The van der Waals surface area contributed by atoms with Gasteiger partial charge in [0.2, 0.25) is 5.91 Å². The van der Waals surface area contributed by atoms with Crippen LogP contribution in [0.25, 0.3) is 0 Å². The average Bonchev–Trinajstić information content (AvgIpc) is 2.87. The molecule has 2 amide bonds. The number of amides is 2. The molecule has 0 saturated heterocycles. The Morgan fingerprint density at radius 1 is 1.19 bits per heavy atom. The smallest absolute Gasteiger partial charge is 0.417 e. The normalized spacial score (nSPS) is 14.9. The van der Waals surface area contributed by atoms with Crippen LogP contribution in [-0.4, -0.2) is 50.3 Å². The van der Waals surface area contributed by atoms with Crippen LogP contribution in [0.4, 0.5) is 19.0 Å². The minimum atomic E-state index is -4.69. The van der Waals surface area contributed by atoms with E-state index in [2.05, 4.69) is 10.3 Å². The first-order valence-corrected chi connectivity index (χ1v) is 10.1. The quantitative estimate of drug-likeness (QED) is 0.700. The molecule has 3 rings (SSSR count). The minimum absolute atomic E-state index is 0.0599. The molecular weight excluding hydrogens is 467 g/mol. The second-order valence-corrected chi connectivity index (χ2v) is 8.36. The molecular formula is C17H13ClF3N3O6S. The van der Waals surface area contributed by atoms with Crippen LogP contribution in [0.2, 0.25) is 5.02 Å². The van der Waals surface area contributed by atoms with E-state index in [0.29, 0.717) is 16.6 Å². The summed E-state index contributed by atoms with van der Waals surface area (Å²) in [6.45, 7) is -0.959. The van der Waals surface area contributed by atoms with Gasteiger partial charge in [-0.3, -0.25) is 9.59 Å². The van der Waals surface area contributed by atoms with Gasteiger partial charge in [-0.05, 0) is 12.1 Å². The zero-order valence-electron chi connectivity index (χ0n) is 15.8. The number of rotatable bonds is 5. The van der Waals surface area contributed by atoms with Gasteiger partial charge in [0.05, 0.1) is 30.4 Å². The van der Waals surface area contributed by atoms with Gasteiger partial charge in [0.25, 0.3) is 15.9 Å². The van der Waals surface area contributed by atoms with Crippen molar-refractivity contribution in [1.29, 1.82) is 0 Å². The molecule has 9 nitrogen and oxygen atoms in total. The third-order valence-electron chi connectivity index (χ3n) is 4.22. The second kappa shape index (κ2) is 7.89. The standard InChI is InChI=1S/C17H13ClF3N3O6S/c1-29-11-4-9-13(5-12(11)30-2)31(27,28)24(16(9)26)7-14(25)23-15-10(18)3-8(6-22-15)17(19,20)21/h3-6H,7H2,1-2H3,(H,22,23,25). The van der Waals surface area contributed by atoms with Crippen molar-refractivity contribution in [3.8, 4) is 11.5 Å². The van der Waals surface area contributed by atoms with Gasteiger partial charge in [0.15, 0.2) is 17.3 Å². The lowest BCUT2D eigenvalue weighted by Crippen LogP contribution is -2.37. The molecule has 0 fully saturated rings.